The van der Waals surface area contributed by atoms with Crippen molar-refractivity contribution in [1.29, 1.82) is 0 Å². The minimum atomic E-state index is 0.0663. The van der Waals surface area contributed by atoms with Crippen LogP contribution in [0, 0.1) is 5.92 Å². The summed E-state index contributed by atoms with van der Waals surface area (Å²) in [5.74, 6) is 0.775. The van der Waals surface area contributed by atoms with Gasteiger partial charge in [-0.2, -0.15) is 0 Å². The van der Waals surface area contributed by atoms with Crippen molar-refractivity contribution in [3.05, 3.63) is 34.7 Å². The molecule has 2 N–H and O–H groups in total. The SMILES string of the molecule is CN(CCn1ccccc1=O)C(CN)C1CC1. The lowest BCUT2D eigenvalue weighted by Gasteiger charge is -2.27. The predicted molar refractivity (Wildman–Crippen MR) is 68.9 cm³/mol. The number of aromatic nitrogens is 1. The Bertz CT molecular complexity index is 411. The highest BCUT2D eigenvalue weighted by atomic mass is 16.1. The summed E-state index contributed by atoms with van der Waals surface area (Å²) in [6.07, 6.45) is 4.44. The van der Waals surface area contributed by atoms with Crippen LogP contribution in [0.5, 0.6) is 0 Å². The van der Waals surface area contributed by atoms with Crippen molar-refractivity contribution in [3.8, 4) is 0 Å². The maximum atomic E-state index is 11.5. The van der Waals surface area contributed by atoms with Crippen LogP contribution in [0.25, 0.3) is 0 Å². The van der Waals surface area contributed by atoms with Gasteiger partial charge in [-0.3, -0.25) is 4.79 Å². The number of rotatable bonds is 6. The highest BCUT2D eigenvalue weighted by Crippen LogP contribution is 2.34. The highest BCUT2D eigenvalue weighted by Gasteiger charge is 2.32. The van der Waals surface area contributed by atoms with Crippen LogP contribution in [0.3, 0.4) is 0 Å². The van der Waals surface area contributed by atoms with Gasteiger partial charge in [-0.05, 0) is 31.9 Å². The van der Waals surface area contributed by atoms with Crippen LogP contribution in [-0.2, 0) is 6.54 Å². The molecule has 1 atom stereocenters. The normalized spacial score (nSPS) is 17.4. The molecule has 1 heterocycles. The standard InChI is InChI=1S/C13H21N3O/c1-15(12(10-14)11-5-6-11)8-9-16-7-3-2-4-13(16)17/h2-4,7,11-12H,5-6,8-10,14H2,1H3. The first kappa shape index (κ1) is 12.3. The molecule has 0 aromatic carbocycles. The molecular formula is C13H21N3O. The number of pyridine rings is 1. The summed E-state index contributed by atoms with van der Waals surface area (Å²) in [5, 5.41) is 0. The van der Waals surface area contributed by atoms with Gasteiger partial charge in [0.1, 0.15) is 0 Å². The van der Waals surface area contributed by atoms with E-state index in [9.17, 15) is 4.79 Å². The summed E-state index contributed by atoms with van der Waals surface area (Å²) in [4.78, 5) is 13.8. The van der Waals surface area contributed by atoms with Crippen molar-refractivity contribution in [2.45, 2.75) is 25.4 Å². The second-order valence-electron chi connectivity index (χ2n) is 4.85. The summed E-state index contributed by atoms with van der Waals surface area (Å²) in [7, 11) is 2.10. The maximum absolute atomic E-state index is 11.5. The van der Waals surface area contributed by atoms with E-state index in [1.165, 1.54) is 12.8 Å². The first-order valence-corrected chi connectivity index (χ1v) is 6.28. The zero-order chi connectivity index (χ0) is 12.3. The van der Waals surface area contributed by atoms with Crippen LogP contribution in [0.15, 0.2) is 29.2 Å². The van der Waals surface area contributed by atoms with Crippen LogP contribution >= 0.6 is 0 Å². The molecule has 1 aliphatic carbocycles. The third kappa shape index (κ3) is 3.17. The zero-order valence-corrected chi connectivity index (χ0v) is 10.4. The third-order valence-corrected chi connectivity index (χ3v) is 3.57. The van der Waals surface area contributed by atoms with Crippen molar-refractivity contribution in [1.82, 2.24) is 9.47 Å². The van der Waals surface area contributed by atoms with Gasteiger partial charge in [0.25, 0.3) is 5.56 Å². The van der Waals surface area contributed by atoms with E-state index in [1.54, 1.807) is 16.7 Å². The molecule has 1 saturated carbocycles. The Morgan fingerprint density at radius 2 is 2.29 bits per heavy atom. The molecule has 0 saturated heterocycles. The van der Waals surface area contributed by atoms with E-state index in [4.69, 9.17) is 5.73 Å². The summed E-state index contributed by atoms with van der Waals surface area (Å²) < 4.78 is 1.75. The van der Waals surface area contributed by atoms with Gasteiger partial charge in [0, 0.05) is 37.9 Å². The molecule has 1 fully saturated rings. The fourth-order valence-electron chi connectivity index (χ4n) is 2.29. The zero-order valence-electron chi connectivity index (χ0n) is 10.4. The van der Waals surface area contributed by atoms with E-state index >= 15 is 0 Å². The smallest absolute Gasteiger partial charge is 0.250 e. The van der Waals surface area contributed by atoms with Crippen LogP contribution in [0.2, 0.25) is 0 Å². The molecule has 0 bridgehead atoms. The average molecular weight is 235 g/mol. The Labute approximate surface area is 102 Å². The fraction of sp³-hybridized carbons (Fsp3) is 0.615. The first-order valence-electron chi connectivity index (χ1n) is 6.28. The molecule has 1 unspecified atom stereocenters. The van der Waals surface area contributed by atoms with Gasteiger partial charge < -0.3 is 15.2 Å². The monoisotopic (exact) mass is 235 g/mol. The second-order valence-corrected chi connectivity index (χ2v) is 4.85. The van der Waals surface area contributed by atoms with Gasteiger partial charge in [0.15, 0.2) is 0 Å². The van der Waals surface area contributed by atoms with Gasteiger partial charge >= 0.3 is 0 Å². The summed E-state index contributed by atoms with van der Waals surface area (Å²) in [5.41, 5.74) is 5.87. The molecule has 4 nitrogen and oxygen atoms in total. The minimum Gasteiger partial charge on any atom is -0.329 e. The number of nitrogens with zero attached hydrogens (tertiary/aromatic N) is 2. The van der Waals surface area contributed by atoms with Crippen molar-refractivity contribution in [3.63, 3.8) is 0 Å². The molecular weight excluding hydrogens is 214 g/mol. The molecule has 2 rings (SSSR count). The Hall–Kier alpha value is -1.13. The van der Waals surface area contributed by atoms with Crippen LogP contribution < -0.4 is 11.3 Å². The lowest BCUT2D eigenvalue weighted by atomic mass is 10.1. The predicted octanol–water partition coefficient (Wildman–Crippen LogP) is 0.517. The van der Waals surface area contributed by atoms with Crippen molar-refractivity contribution >= 4 is 0 Å². The van der Waals surface area contributed by atoms with Crippen LogP contribution in [0.1, 0.15) is 12.8 Å². The fourth-order valence-corrected chi connectivity index (χ4v) is 2.29. The molecule has 0 aliphatic heterocycles. The van der Waals surface area contributed by atoms with E-state index in [1.807, 2.05) is 12.3 Å². The number of likely N-dealkylation sites (N-methyl/N-ethyl adjacent to an activating group) is 1. The molecule has 94 valence electrons. The molecule has 1 aromatic rings. The van der Waals surface area contributed by atoms with E-state index in [2.05, 4.69) is 11.9 Å². The third-order valence-electron chi connectivity index (χ3n) is 3.57. The Kier molecular flexibility index (Phi) is 3.97. The lowest BCUT2D eigenvalue weighted by Crippen LogP contribution is -2.41. The van der Waals surface area contributed by atoms with E-state index in [0.717, 1.165) is 19.0 Å². The molecule has 0 amide bonds. The van der Waals surface area contributed by atoms with E-state index < -0.39 is 0 Å². The molecule has 17 heavy (non-hydrogen) atoms. The average Bonchev–Trinajstić information content (AvgIpc) is 3.13. The van der Waals surface area contributed by atoms with Crippen molar-refractivity contribution in [2.24, 2.45) is 11.7 Å². The first-order chi connectivity index (χ1) is 8.22. The Balaban J connectivity index is 1.89. The van der Waals surface area contributed by atoms with Crippen LogP contribution in [-0.4, -0.2) is 35.6 Å². The van der Waals surface area contributed by atoms with Crippen molar-refractivity contribution in [2.75, 3.05) is 20.1 Å². The molecule has 1 aliphatic rings. The Morgan fingerprint density at radius 1 is 1.53 bits per heavy atom. The van der Waals surface area contributed by atoms with Crippen LogP contribution in [0.4, 0.5) is 0 Å². The van der Waals surface area contributed by atoms with Gasteiger partial charge in [-0.1, -0.05) is 6.07 Å². The Morgan fingerprint density at radius 3 is 2.88 bits per heavy atom. The van der Waals surface area contributed by atoms with E-state index in [-0.39, 0.29) is 5.56 Å². The van der Waals surface area contributed by atoms with Crippen molar-refractivity contribution < 1.29 is 0 Å². The maximum Gasteiger partial charge on any atom is 0.250 e. The van der Waals surface area contributed by atoms with Gasteiger partial charge in [0.05, 0.1) is 0 Å². The topological polar surface area (TPSA) is 51.3 Å². The largest absolute Gasteiger partial charge is 0.329 e. The molecule has 1 aromatic heterocycles. The van der Waals surface area contributed by atoms with Gasteiger partial charge in [0.2, 0.25) is 0 Å². The number of hydrogen-bond acceptors (Lipinski definition) is 3. The molecule has 0 spiro atoms. The molecule has 0 radical (unpaired) electrons. The lowest BCUT2D eigenvalue weighted by molar-refractivity contribution is 0.215. The van der Waals surface area contributed by atoms with Gasteiger partial charge in [-0.25, -0.2) is 0 Å². The number of nitrogens with two attached hydrogens (primary N) is 1. The summed E-state index contributed by atoms with van der Waals surface area (Å²) >= 11 is 0. The van der Waals surface area contributed by atoms with Gasteiger partial charge in [-0.15, -0.1) is 0 Å². The quantitative estimate of drug-likeness (QED) is 0.782. The minimum absolute atomic E-state index is 0.0663. The second kappa shape index (κ2) is 5.47. The van der Waals surface area contributed by atoms with E-state index in [0.29, 0.717) is 12.6 Å². The molecule has 4 heteroatoms. The summed E-state index contributed by atoms with van der Waals surface area (Å²) in [6.45, 7) is 2.33. The highest BCUT2D eigenvalue weighted by molar-refractivity contribution is 4.93. The number of hydrogen-bond donors (Lipinski definition) is 1. The summed E-state index contributed by atoms with van der Waals surface area (Å²) in [6, 6.07) is 5.74.